The van der Waals surface area contributed by atoms with Gasteiger partial charge in [0.2, 0.25) is 0 Å². The zero-order chi connectivity index (χ0) is 17.6. The molecule has 2 aliphatic rings. The molecular formula is C19H16BrFN2O2. The molecule has 2 bridgehead atoms. The SMILES string of the molecule is N#Cc1ccc(-c2cc(C(=O)N3C4CCCC3CC4)oc2Br)cc1F. The van der Waals surface area contributed by atoms with E-state index in [2.05, 4.69) is 15.9 Å². The fourth-order valence-corrected chi connectivity index (χ4v) is 4.54. The van der Waals surface area contributed by atoms with Crippen molar-refractivity contribution in [2.45, 2.75) is 44.2 Å². The highest BCUT2D eigenvalue weighted by Gasteiger charge is 2.40. The molecule has 2 fully saturated rings. The molecule has 0 N–H and O–H groups in total. The van der Waals surface area contributed by atoms with Gasteiger partial charge in [0.1, 0.15) is 11.9 Å². The molecule has 2 unspecified atom stereocenters. The van der Waals surface area contributed by atoms with Crippen LogP contribution in [0.15, 0.2) is 33.4 Å². The van der Waals surface area contributed by atoms with Crippen LogP contribution in [-0.4, -0.2) is 22.9 Å². The van der Waals surface area contributed by atoms with Gasteiger partial charge in [-0.25, -0.2) is 4.39 Å². The third-order valence-corrected chi connectivity index (χ3v) is 5.82. The molecule has 25 heavy (non-hydrogen) atoms. The van der Waals surface area contributed by atoms with Crippen molar-refractivity contribution >= 4 is 21.8 Å². The van der Waals surface area contributed by atoms with Crippen molar-refractivity contribution in [3.63, 3.8) is 0 Å². The van der Waals surface area contributed by atoms with Crippen molar-refractivity contribution in [1.29, 1.82) is 5.26 Å². The first-order valence-electron chi connectivity index (χ1n) is 8.40. The van der Waals surface area contributed by atoms with Crippen LogP contribution in [0.5, 0.6) is 0 Å². The van der Waals surface area contributed by atoms with Gasteiger partial charge in [0, 0.05) is 17.6 Å². The first-order valence-corrected chi connectivity index (χ1v) is 9.20. The van der Waals surface area contributed by atoms with Crippen LogP contribution in [0.1, 0.15) is 48.2 Å². The molecule has 128 valence electrons. The van der Waals surface area contributed by atoms with Crippen molar-refractivity contribution in [3.8, 4) is 17.2 Å². The normalized spacial score (nSPS) is 22.0. The number of nitriles is 1. The molecule has 0 saturated carbocycles. The maximum atomic E-state index is 13.9. The van der Waals surface area contributed by atoms with E-state index in [1.165, 1.54) is 18.6 Å². The number of furan rings is 1. The fourth-order valence-electron chi connectivity index (χ4n) is 4.02. The van der Waals surface area contributed by atoms with Crippen LogP contribution in [0, 0.1) is 17.1 Å². The zero-order valence-corrected chi connectivity index (χ0v) is 15.1. The summed E-state index contributed by atoms with van der Waals surface area (Å²) in [7, 11) is 0. The van der Waals surface area contributed by atoms with Crippen LogP contribution in [0.3, 0.4) is 0 Å². The Labute approximate surface area is 153 Å². The largest absolute Gasteiger partial charge is 0.444 e. The Bertz CT molecular complexity index is 870. The van der Waals surface area contributed by atoms with Gasteiger partial charge in [-0.2, -0.15) is 5.26 Å². The summed E-state index contributed by atoms with van der Waals surface area (Å²) >= 11 is 3.33. The lowest BCUT2D eigenvalue weighted by Crippen LogP contribution is -2.43. The number of rotatable bonds is 2. The van der Waals surface area contributed by atoms with Crippen LogP contribution >= 0.6 is 15.9 Å². The predicted molar refractivity (Wildman–Crippen MR) is 93.3 cm³/mol. The number of halogens is 2. The Balaban J connectivity index is 1.66. The lowest BCUT2D eigenvalue weighted by molar-refractivity contribution is 0.0561. The second kappa shape index (κ2) is 6.30. The van der Waals surface area contributed by atoms with Crippen molar-refractivity contribution in [2.75, 3.05) is 0 Å². The van der Waals surface area contributed by atoms with Crippen molar-refractivity contribution in [3.05, 3.63) is 46.1 Å². The van der Waals surface area contributed by atoms with Gasteiger partial charge in [-0.1, -0.05) is 6.07 Å². The van der Waals surface area contributed by atoms with E-state index in [1.54, 1.807) is 18.2 Å². The summed E-state index contributed by atoms with van der Waals surface area (Å²) < 4.78 is 19.9. The molecule has 2 aliphatic heterocycles. The van der Waals surface area contributed by atoms with E-state index < -0.39 is 5.82 Å². The first-order chi connectivity index (χ1) is 12.1. The summed E-state index contributed by atoms with van der Waals surface area (Å²) in [6.45, 7) is 0. The summed E-state index contributed by atoms with van der Waals surface area (Å²) in [5.74, 6) is -0.409. The predicted octanol–water partition coefficient (Wildman–Crippen LogP) is 4.88. The third-order valence-electron chi connectivity index (χ3n) is 5.23. The lowest BCUT2D eigenvalue weighted by Gasteiger charge is -2.34. The molecule has 1 aromatic carbocycles. The number of amides is 1. The van der Waals surface area contributed by atoms with Gasteiger partial charge in [0.05, 0.1) is 5.56 Å². The Kier molecular flexibility index (Phi) is 4.12. The molecule has 0 spiro atoms. The highest BCUT2D eigenvalue weighted by molar-refractivity contribution is 9.10. The van der Waals surface area contributed by atoms with Gasteiger partial charge in [0.25, 0.3) is 5.91 Å². The van der Waals surface area contributed by atoms with Crippen molar-refractivity contribution in [2.24, 2.45) is 0 Å². The molecule has 1 aromatic heterocycles. The molecule has 0 aliphatic carbocycles. The minimum atomic E-state index is -0.588. The molecule has 0 radical (unpaired) electrons. The van der Waals surface area contributed by atoms with Crippen LogP contribution in [0.25, 0.3) is 11.1 Å². The highest BCUT2D eigenvalue weighted by atomic mass is 79.9. The van der Waals surface area contributed by atoms with Crippen LogP contribution in [-0.2, 0) is 0 Å². The number of hydrogen-bond donors (Lipinski definition) is 0. The Morgan fingerprint density at radius 3 is 2.60 bits per heavy atom. The molecule has 2 saturated heterocycles. The quantitative estimate of drug-likeness (QED) is 0.719. The minimum Gasteiger partial charge on any atom is -0.444 e. The van der Waals surface area contributed by atoms with E-state index in [1.807, 2.05) is 4.90 Å². The fraction of sp³-hybridized carbons (Fsp3) is 0.368. The first kappa shape index (κ1) is 16.3. The lowest BCUT2D eigenvalue weighted by atomic mass is 10.0. The Morgan fingerprint density at radius 2 is 1.96 bits per heavy atom. The maximum Gasteiger partial charge on any atom is 0.290 e. The number of hydrogen-bond acceptors (Lipinski definition) is 3. The van der Waals surface area contributed by atoms with Gasteiger partial charge in [0.15, 0.2) is 10.4 Å². The summed E-state index contributed by atoms with van der Waals surface area (Å²) in [6.07, 6.45) is 5.41. The average molecular weight is 403 g/mol. The maximum absolute atomic E-state index is 13.9. The topological polar surface area (TPSA) is 57.2 Å². The standard InChI is InChI=1S/C19H16BrFN2O2/c20-18-15(11-4-5-12(10-22)16(21)8-11)9-17(25-18)19(24)23-13-2-1-3-14(23)7-6-13/h4-5,8-9,13-14H,1-3,6-7H2. The van der Waals surface area contributed by atoms with E-state index >= 15 is 0 Å². The number of carbonyl (C=O) groups is 1. The monoisotopic (exact) mass is 402 g/mol. The number of fused-ring (bicyclic) bond motifs is 2. The van der Waals surface area contributed by atoms with E-state index in [0.29, 0.717) is 27.9 Å². The summed E-state index contributed by atoms with van der Waals surface area (Å²) in [6, 6.07) is 8.44. The molecule has 1 amide bonds. The molecular weight excluding hydrogens is 387 g/mol. The number of piperidine rings is 1. The van der Waals surface area contributed by atoms with Crippen LogP contribution in [0.2, 0.25) is 0 Å². The van der Waals surface area contributed by atoms with Crippen LogP contribution in [0.4, 0.5) is 4.39 Å². The summed E-state index contributed by atoms with van der Waals surface area (Å²) in [5, 5.41) is 8.84. The molecule has 2 atom stereocenters. The second-order valence-electron chi connectivity index (χ2n) is 6.63. The number of nitrogens with zero attached hydrogens (tertiary/aromatic N) is 2. The van der Waals surface area contributed by atoms with Gasteiger partial charge in [-0.15, -0.1) is 0 Å². The second-order valence-corrected chi connectivity index (χ2v) is 7.35. The van der Waals surface area contributed by atoms with Crippen molar-refractivity contribution < 1.29 is 13.6 Å². The van der Waals surface area contributed by atoms with E-state index in [0.717, 1.165) is 25.7 Å². The van der Waals surface area contributed by atoms with Crippen LogP contribution < -0.4 is 0 Å². The molecule has 3 heterocycles. The highest BCUT2D eigenvalue weighted by Crippen LogP contribution is 2.38. The summed E-state index contributed by atoms with van der Waals surface area (Å²) in [4.78, 5) is 14.9. The molecule has 2 aromatic rings. The minimum absolute atomic E-state index is 0.00967. The Morgan fingerprint density at radius 1 is 1.24 bits per heavy atom. The number of benzene rings is 1. The van der Waals surface area contributed by atoms with E-state index in [-0.39, 0.29) is 17.2 Å². The summed E-state index contributed by atoms with van der Waals surface area (Å²) in [5.41, 5.74) is 1.16. The van der Waals surface area contributed by atoms with Gasteiger partial charge in [-0.05, 0) is 71.8 Å². The molecule has 4 nitrogen and oxygen atoms in total. The van der Waals surface area contributed by atoms with E-state index in [9.17, 15) is 9.18 Å². The zero-order valence-electron chi connectivity index (χ0n) is 13.5. The third kappa shape index (κ3) is 2.77. The van der Waals surface area contributed by atoms with Gasteiger partial charge in [-0.3, -0.25) is 4.79 Å². The van der Waals surface area contributed by atoms with Crippen molar-refractivity contribution in [1.82, 2.24) is 4.90 Å². The van der Waals surface area contributed by atoms with E-state index in [4.69, 9.17) is 9.68 Å². The average Bonchev–Trinajstić information content (AvgIpc) is 3.11. The Hall–Kier alpha value is -2.13. The van der Waals surface area contributed by atoms with Gasteiger partial charge < -0.3 is 9.32 Å². The van der Waals surface area contributed by atoms with Gasteiger partial charge >= 0.3 is 0 Å². The smallest absolute Gasteiger partial charge is 0.290 e. The molecule has 6 heteroatoms. The number of carbonyl (C=O) groups excluding carboxylic acids is 1. The molecule has 4 rings (SSSR count).